The monoisotopic (exact) mass is 338 g/mol. The predicted octanol–water partition coefficient (Wildman–Crippen LogP) is 3.26. The van der Waals surface area contributed by atoms with Crippen molar-refractivity contribution in [2.75, 3.05) is 25.4 Å². The van der Waals surface area contributed by atoms with E-state index < -0.39 is 0 Å². The molecule has 1 aromatic rings. The zero-order valence-electron chi connectivity index (χ0n) is 13.8. The summed E-state index contributed by atoms with van der Waals surface area (Å²) in [6.45, 7) is 4.87. The summed E-state index contributed by atoms with van der Waals surface area (Å²) in [4.78, 5) is 14.5. The van der Waals surface area contributed by atoms with E-state index in [1.54, 1.807) is 6.26 Å². The maximum atomic E-state index is 12.7. The minimum Gasteiger partial charge on any atom is -0.467 e. The lowest BCUT2D eigenvalue weighted by atomic mass is 10.1. The fraction of sp³-hybridized carbons (Fsp3) is 0.706. The van der Waals surface area contributed by atoms with Crippen molar-refractivity contribution in [3.05, 3.63) is 24.2 Å². The van der Waals surface area contributed by atoms with E-state index in [1.165, 1.54) is 18.6 Å². The van der Waals surface area contributed by atoms with Gasteiger partial charge < -0.3 is 19.4 Å². The van der Waals surface area contributed by atoms with Crippen molar-refractivity contribution in [3.63, 3.8) is 0 Å². The number of nitrogens with one attached hydrogen (secondary N) is 1. The van der Waals surface area contributed by atoms with Gasteiger partial charge in [0.15, 0.2) is 0 Å². The number of carbonyl (C=O) groups excluding carboxylic acids is 1. The Labute approximate surface area is 142 Å². The highest BCUT2D eigenvalue weighted by Gasteiger charge is 2.31. The van der Waals surface area contributed by atoms with Crippen LogP contribution < -0.4 is 5.32 Å². The minimum absolute atomic E-state index is 0.0226. The summed E-state index contributed by atoms with van der Waals surface area (Å²) < 4.78 is 11.3. The summed E-state index contributed by atoms with van der Waals surface area (Å²) in [5, 5.41) is 3.12. The topological polar surface area (TPSA) is 54.7 Å². The normalized spacial score (nSPS) is 27.3. The number of thioether (sulfide) groups is 1. The number of ether oxygens (including phenoxy) is 1. The molecule has 2 aliphatic rings. The summed E-state index contributed by atoms with van der Waals surface area (Å²) >= 11 is 1.96. The number of furan rings is 1. The van der Waals surface area contributed by atoms with Gasteiger partial charge in [0.05, 0.1) is 18.9 Å². The maximum Gasteiger partial charge on any atom is 0.317 e. The highest BCUT2D eigenvalue weighted by molar-refractivity contribution is 8.00. The van der Waals surface area contributed by atoms with Crippen LogP contribution >= 0.6 is 11.8 Å². The minimum atomic E-state index is -0.0226. The second kappa shape index (κ2) is 7.62. The van der Waals surface area contributed by atoms with Crippen molar-refractivity contribution in [3.8, 4) is 0 Å². The maximum absolute atomic E-state index is 12.7. The molecule has 6 heteroatoms. The van der Waals surface area contributed by atoms with Crippen LogP contribution in [-0.4, -0.2) is 47.2 Å². The lowest BCUT2D eigenvalue weighted by molar-refractivity contribution is 0.0776. The average Bonchev–Trinajstić information content (AvgIpc) is 3.27. The fourth-order valence-electron chi connectivity index (χ4n) is 3.19. The van der Waals surface area contributed by atoms with Crippen LogP contribution in [0.25, 0.3) is 0 Å². The van der Waals surface area contributed by atoms with E-state index in [2.05, 4.69) is 12.2 Å². The molecule has 0 unspecified atom stereocenters. The van der Waals surface area contributed by atoms with E-state index in [0.717, 1.165) is 31.8 Å². The van der Waals surface area contributed by atoms with E-state index in [9.17, 15) is 4.79 Å². The van der Waals surface area contributed by atoms with E-state index in [4.69, 9.17) is 9.15 Å². The SMILES string of the molecule is C[C@]1(CNC(=O)N(Cc2ccco2)C[C@H]2CCCO2)CCCS1. The third-order valence-electron chi connectivity index (χ3n) is 4.58. The van der Waals surface area contributed by atoms with E-state index in [1.807, 2.05) is 28.8 Å². The quantitative estimate of drug-likeness (QED) is 0.865. The van der Waals surface area contributed by atoms with Gasteiger partial charge in [-0.05, 0) is 50.5 Å². The highest BCUT2D eigenvalue weighted by atomic mass is 32.2. The molecule has 2 amide bonds. The molecule has 0 spiro atoms. The van der Waals surface area contributed by atoms with E-state index in [0.29, 0.717) is 13.1 Å². The number of rotatable bonds is 6. The number of urea groups is 1. The van der Waals surface area contributed by atoms with Gasteiger partial charge >= 0.3 is 6.03 Å². The Bertz CT molecular complexity index is 494. The number of nitrogens with zero attached hydrogens (tertiary/aromatic N) is 1. The predicted molar refractivity (Wildman–Crippen MR) is 91.6 cm³/mol. The molecule has 0 bridgehead atoms. The molecule has 3 heterocycles. The van der Waals surface area contributed by atoms with Crippen LogP contribution in [0.1, 0.15) is 38.4 Å². The first kappa shape index (κ1) is 16.7. The third-order valence-corrected chi connectivity index (χ3v) is 6.11. The molecule has 128 valence electrons. The van der Waals surface area contributed by atoms with Crippen LogP contribution in [0, 0.1) is 0 Å². The second-order valence-corrected chi connectivity index (χ2v) is 8.34. The number of hydrogen-bond acceptors (Lipinski definition) is 4. The first-order chi connectivity index (χ1) is 11.1. The van der Waals surface area contributed by atoms with Crippen LogP contribution in [0.3, 0.4) is 0 Å². The van der Waals surface area contributed by atoms with Crippen molar-refractivity contribution in [1.29, 1.82) is 0 Å². The molecule has 1 N–H and O–H groups in total. The van der Waals surface area contributed by atoms with Crippen LogP contribution in [-0.2, 0) is 11.3 Å². The molecule has 1 aromatic heterocycles. The smallest absolute Gasteiger partial charge is 0.317 e. The molecule has 23 heavy (non-hydrogen) atoms. The van der Waals surface area contributed by atoms with Crippen LogP contribution in [0.4, 0.5) is 4.79 Å². The molecule has 0 radical (unpaired) electrons. The van der Waals surface area contributed by atoms with Gasteiger partial charge in [-0.3, -0.25) is 0 Å². The molecule has 2 atom stereocenters. The van der Waals surface area contributed by atoms with Crippen LogP contribution in [0.2, 0.25) is 0 Å². The molecule has 0 aliphatic carbocycles. The molecule has 2 aliphatic heterocycles. The molecule has 2 fully saturated rings. The Balaban J connectivity index is 1.57. The summed E-state index contributed by atoms with van der Waals surface area (Å²) in [7, 11) is 0. The molecule has 2 saturated heterocycles. The summed E-state index contributed by atoms with van der Waals surface area (Å²) in [6.07, 6.45) is 6.30. The van der Waals surface area contributed by atoms with Crippen LogP contribution in [0.5, 0.6) is 0 Å². The third kappa shape index (κ3) is 4.67. The zero-order chi connectivity index (χ0) is 16.1. The van der Waals surface area contributed by atoms with E-state index in [-0.39, 0.29) is 16.9 Å². The molecular formula is C17H26N2O3S. The molecule has 0 aromatic carbocycles. The fourth-order valence-corrected chi connectivity index (χ4v) is 4.44. The van der Waals surface area contributed by atoms with Gasteiger partial charge in [0.25, 0.3) is 0 Å². The zero-order valence-corrected chi connectivity index (χ0v) is 14.6. The lowest BCUT2D eigenvalue weighted by Gasteiger charge is -2.28. The van der Waals surface area contributed by atoms with Crippen molar-refractivity contribution in [2.45, 2.75) is 50.0 Å². The van der Waals surface area contributed by atoms with Crippen molar-refractivity contribution in [2.24, 2.45) is 0 Å². The Morgan fingerprint density at radius 3 is 3.09 bits per heavy atom. The summed E-state index contributed by atoms with van der Waals surface area (Å²) in [6, 6.07) is 3.74. The second-order valence-electron chi connectivity index (χ2n) is 6.66. The molecular weight excluding hydrogens is 312 g/mol. The largest absolute Gasteiger partial charge is 0.467 e. The Kier molecular flexibility index (Phi) is 5.54. The first-order valence-corrected chi connectivity index (χ1v) is 9.44. The first-order valence-electron chi connectivity index (χ1n) is 8.45. The van der Waals surface area contributed by atoms with E-state index >= 15 is 0 Å². The van der Waals surface area contributed by atoms with Crippen molar-refractivity contribution < 1.29 is 13.9 Å². The van der Waals surface area contributed by atoms with Crippen molar-refractivity contribution >= 4 is 17.8 Å². The van der Waals surface area contributed by atoms with Gasteiger partial charge in [-0.2, -0.15) is 11.8 Å². The number of hydrogen-bond donors (Lipinski definition) is 1. The molecule has 0 saturated carbocycles. The Morgan fingerprint density at radius 1 is 1.52 bits per heavy atom. The van der Waals surface area contributed by atoms with Crippen molar-refractivity contribution in [1.82, 2.24) is 10.2 Å². The Morgan fingerprint density at radius 2 is 2.43 bits per heavy atom. The van der Waals surface area contributed by atoms with Gasteiger partial charge in [-0.1, -0.05) is 0 Å². The van der Waals surface area contributed by atoms with Gasteiger partial charge in [-0.25, -0.2) is 4.79 Å². The van der Waals surface area contributed by atoms with Gasteiger partial charge in [0.2, 0.25) is 0 Å². The van der Waals surface area contributed by atoms with Gasteiger partial charge in [0.1, 0.15) is 5.76 Å². The van der Waals surface area contributed by atoms with Gasteiger partial charge in [-0.15, -0.1) is 0 Å². The summed E-state index contributed by atoms with van der Waals surface area (Å²) in [5.41, 5.74) is 0. The molecule has 3 rings (SSSR count). The molecule has 5 nitrogen and oxygen atoms in total. The lowest BCUT2D eigenvalue weighted by Crippen LogP contribution is -2.46. The van der Waals surface area contributed by atoms with Crippen LogP contribution in [0.15, 0.2) is 22.8 Å². The van der Waals surface area contributed by atoms with Gasteiger partial charge in [0, 0.05) is 24.4 Å². The average molecular weight is 338 g/mol. The summed E-state index contributed by atoms with van der Waals surface area (Å²) in [5.74, 6) is 2.00. The standard InChI is InChI=1S/C17H26N2O3S/c1-17(7-4-10-23-17)13-18-16(20)19(11-14-5-2-8-21-14)12-15-6-3-9-22-15/h2,5,8,15H,3-4,6-7,9-13H2,1H3,(H,18,20)/t15-,17-/m1/s1. The Hall–Kier alpha value is -1.14. The number of carbonyl (C=O) groups is 1. The highest BCUT2D eigenvalue weighted by Crippen LogP contribution is 2.37. The number of amides is 2.